The molecule has 1 aliphatic rings. The van der Waals surface area contributed by atoms with E-state index in [1.807, 2.05) is 25.2 Å². The molecule has 354 valence electrons. The lowest BCUT2D eigenvalue weighted by atomic mass is 9.91. The van der Waals surface area contributed by atoms with Crippen molar-refractivity contribution in [1.29, 1.82) is 0 Å². The largest absolute Gasteiger partial charge is 0.309 e. The summed E-state index contributed by atoms with van der Waals surface area (Å²) in [6, 6.07) is 67.2. The molecule has 2 nitrogen and oxygen atoms in total. The minimum absolute atomic E-state index is 1.03. The number of allylic oxidation sites excluding steroid dienone is 4. The number of rotatable bonds is 9. The van der Waals surface area contributed by atoms with Crippen LogP contribution in [0.15, 0.2) is 246 Å². The summed E-state index contributed by atoms with van der Waals surface area (Å²) in [5.41, 5.74) is 20.0. The SMILES string of the molecule is C=CC.C=CC=C.C=Cc1c(/C=C\C)c2ccc(-n3c4ccc(-c5ccc6c(c5)c(C=C)c(C=C)n6-c5cccc(-c6ccccc6)c5)cc4c4c5cccc6c5c(cc43)-c3ccccc3-6)cc2c2ccccc12. The molecule has 0 aliphatic heterocycles. The monoisotopic (exact) mass is 948 g/mol. The summed E-state index contributed by atoms with van der Waals surface area (Å²) in [5, 5.41) is 11.1. The fourth-order valence-electron chi connectivity index (χ4n) is 11.4. The molecule has 0 fully saturated rings. The molecule has 1 aliphatic carbocycles. The maximum Gasteiger partial charge on any atom is 0.0553 e. The van der Waals surface area contributed by atoms with Crippen LogP contribution in [0.5, 0.6) is 0 Å². The van der Waals surface area contributed by atoms with Crippen molar-refractivity contribution in [2.24, 2.45) is 0 Å². The summed E-state index contributed by atoms with van der Waals surface area (Å²) in [4.78, 5) is 0. The Labute approximate surface area is 434 Å². The zero-order valence-corrected chi connectivity index (χ0v) is 42.1. The van der Waals surface area contributed by atoms with Crippen LogP contribution in [0.4, 0.5) is 0 Å². The Morgan fingerprint density at radius 1 is 0.338 bits per heavy atom. The molecule has 0 bridgehead atoms. The summed E-state index contributed by atoms with van der Waals surface area (Å²) >= 11 is 0. The maximum absolute atomic E-state index is 4.32. The summed E-state index contributed by atoms with van der Waals surface area (Å²) < 4.78 is 4.82. The van der Waals surface area contributed by atoms with Gasteiger partial charge in [-0.1, -0.05) is 203 Å². The minimum Gasteiger partial charge on any atom is -0.309 e. The van der Waals surface area contributed by atoms with Crippen molar-refractivity contribution < 1.29 is 0 Å². The molecule has 2 aromatic heterocycles. The summed E-state index contributed by atoms with van der Waals surface area (Å²) in [5.74, 6) is 0. The molecule has 2 heterocycles. The van der Waals surface area contributed by atoms with Gasteiger partial charge in [-0.25, -0.2) is 0 Å². The van der Waals surface area contributed by atoms with Crippen molar-refractivity contribution in [2.75, 3.05) is 0 Å². The molecule has 0 amide bonds. The van der Waals surface area contributed by atoms with E-state index in [0.717, 1.165) is 50.2 Å². The van der Waals surface area contributed by atoms with E-state index in [9.17, 15) is 0 Å². The minimum atomic E-state index is 1.03. The van der Waals surface area contributed by atoms with Crippen molar-refractivity contribution in [3.8, 4) is 55.9 Å². The quantitative estimate of drug-likeness (QED) is 0.0775. The molecule has 0 saturated carbocycles. The summed E-state index contributed by atoms with van der Waals surface area (Å²) in [6.07, 6.45) is 15.3. The topological polar surface area (TPSA) is 9.86 Å². The van der Waals surface area contributed by atoms with Crippen LogP contribution in [0.3, 0.4) is 0 Å². The third-order valence-electron chi connectivity index (χ3n) is 14.4. The van der Waals surface area contributed by atoms with Crippen LogP contribution < -0.4 is 0 Å². The number of aromatic nitrogens is 2. The van der Waals surface area contributed by atoms with Gasteiger partial charge in [0.05, 0.1) is 22.2 Å². The lowest BCUT2D eigenvalue weighted by Crippen LogP contribution is -1.97. The van der Waals surface area contributed by atoms with Gasteiger partial charge in [-0.2, -0.15) is 0 Å². The molecular weight excluding hydrogens is 893 g/mol. The van der Waals surface area contributed by atoms with Gasteiger partial charge in [0.25, 0.3) is 0 Å². The third-order valence-corrected chi connectivity index (χ3v) is 14.4. The Kier molecular flexibility index (Phi) is 12.4. The first-order valence-corrected chi connectivity index (χ1v) is 25.2. The van der Waals surface area contributed by atoms with Crippen LogP contribution in [-0.4, -0.2) is 9.13 Å². The third kappa shape index (κ3) is 7.50. The molecule has 0 N–H and O–H groups in total. The Morgan fingerprint density at radius 2 is 0.905 bits per heavy atom. The molecule has 10 aromatic carbocycles. The van der Waals surface area contributed by atoms with E-state index in [4.69, 9.17) is 0 Å². The molecule has 0 atom stereocenters. The van der Waals surface area contributed by atoms with Gasteiger partial charge in [-0.15, -0.1) is 6.58 Å². The van der Waals surface area contributed by atoms with Gasteiger partial charge in [-0.05, 0) is 162 Å². The second-order valence-electron chi connectivity index (χ2n) is 18.5. The Morgan fingerprint density at radius 3 is 1.59 bits per heavy atom. The Bertz CT molecular complexity index is 4310. The van der Waals surface area contributed by atoms with Gasteiger partial charge in [0.1, 0.15) is 0 Å². The molecular formula is C72H56N2. The van der Waals surface area contributed by atoms with Crippen LogP contribution in [-0.2, 0) is 0 Å². The van der Waals surface area contributed by atoms with Crippen LogP contribution in [0, 0.1) is 0 Å². The van der Waals surface area contributed by atoms with E-state index in [2.05, 4.69) is 250 Å². The van der Waals surface area contributed by atoms with Gasteiger partial charge in [0.2, 0.25) is 0 Å². The van der Waals surface area contributed by atoms with E-state index >= 15 is 0 Å². The van der Waals surface area contributed by atoms with E-state index in [1.54, 1.807) is 18.2 Å². The highest BCUT2D eigenvalue weighted by Crippen LogP contribution is 2.52. The van der Waals surface area contributed by atoms with Gasteiger partial charge in [0.15, 0.2) is 0 Å². The van der Waals surface area contributed by atoms with Crippen LogP contribution in [0.2, 0.25) is 0 Å². The van der Waals surface area contributed by atoms with E-state index < -0.39 is 0 Å². The predicted molar refractivity (Wildman–Crippen MR) is 327 cm³/mol. The maximum atomic E-state index is 4.32. The number of benzene rings is 10. The van der Waals surface area contributed by atoms with E-state index in [0.29, 0.717) is 0 Å². The van der Waals surface area contributed by atoms with Gasteiger partial charge in [-0.3, -0.25) is 0 Å². The van der Waals surface area contributed by atoms with Crippen molar-refractivity contribution in [1.82, 2.24) is 9.13 Å². The number of hydrogen-bond acceptors (Lipinski definition) is 0. The zero-order valence-electron chi connectivity index (χ0n) is 42.1. The Balaban J connectivity index is 0.000000795. The normalized spacial score (nSPS) is 11.4. The van der Waals surface area contributed by atoms with Crippen molar-refractivity contribution >= 4 is 89.3 Å². The number of hydrogen-bond donors (Lipinski definition) is 0. The lowest BCUT2D eigenvalue weighted by Gasteiger charge is -2.16. The lowest BCUT2D eigenvalue weighted by molar-refractivity contribution is 1.11. The highest BCUT2D eigenvalue weighted by atomic mass is 15.0. The first-order chi connectivity index (χ1) is 36.4. The number of fused-ring (bicyclic) bond motifs is 11. The summed E-state index contributed by atoms with van der Waals surface area (Å²) in [6.45, 7) is 26.9. The van der Waals surface area contributed by atoms with Crippen molar-refractivity contribution in [3.63, 3.8) is 0 Å². The molecule has 13 rings (SSSR count). The smallest absolute Gasteiger partial charge is 0.0553 e. The van der Waals surface area contributed by atoms with Gasteiger partial charge < -0.3 is 9.13 Å². The Hall–Kier alpha value is -9.50. The molecule has 0 saturated heterocycles. The summed E-state index contributed by atoms with van der Waals surface area (Å²) in [7, 11) is 0. The highest BCUT2D eigenvalue weighted by Gasteiger charge is 2.26. The molecule has 74 heavy (non-hydrogen) atoms. The van der Waals surface area contributed by atoms with Gasteiger partial charge in [0, 0.05) is 33.1 Å². The van der Waals surface area contributed by atoms with Crippen LogP contribution in [0.1, 0.15) is 36.2 Å². The average Bonchev–Trinajstić information content (AvgIpc) is 4.09. The second kappa shape index (κ2) is 19.6. The average molecular weight is 949 g/mol. The van der Waals surface area contributed by atoms with Crippen molar-refractivity contribution in [2.45, 2.75) is 13.8 Å². The number of nitrogens with zero attached hydrogens (tertiary/aromatic N) is 2. The fourth-order valence-corrected chi connectivity index (χ4v) is 11.4. The second-order valence-corrected chi connectivity index (χ2v) is 18.5. The fraction of sp³-hybridized carbons (Fsp3) is 0.0278. The first-order valence-electron chi connectivity index (χ1n) is 25.2. The standard InChI is InChI=1S/C65H44N2.C4H6.C3H6/c1-5-18-48-46(6-2)49-23-12-14-25-51(49)56-38-45(31-32-53(48)56)67-62-34-30-43(37-59(62)65-55-28-17-27-54-50-24-13-15-26-52(50)58(64(54)55)39-63(65)67)42-29-33-61-57(36-42)47(7-3)60(8-4)66(61)44-22-16-21-41(35-44)40-19-10-9-11-20-40;1-3-4-2;1-3-2/h5-39H,2-4H2,1H3;3-4H,1-2H2;3H,1H2,2H3/b18-5-;;. The van der Waals surface area contributed by atoms with Crippen molar-refractivity contribution in [3.05, 3.63) is 268 Å². The molecule has 2 heteroatoms. The molecule has 0 spiro atoms. The zero-order chi connectivity index (χ0) is 51.0. The predicted octanol–water partition coefficient (Wildman–Crippen LogP) is 20.7. The highest BCUT2D eigenvalue weighted by molar-refractivity contribution is 6.30. The van der Waals surface area contributed by atoms with E-state index in [1.165, 1.54) is 93.1 Å². The van der Waals surface area contributed by atoms with E-state index in [-0.39, 0.29) is 0 Å². The van der Waals surface area contributed by atoms with Crippen LogP contribution >= 0.6 is 0 Å². The molecule has 0 unspecified atom stereocenters. The molecule has 12 aromatic rings. The first kappa shape index (κ1) is 46.9. The molecule has 0 radical (unpaired) electrons. The van der Waals surface area contributed by atoms with Gasteiger partial charge >= 0.3 is 0 Å². The van der Waals surface area contributed by atoms with Crippen LogP contribution in [0.25, 0.3) is 145 Å².